The summed E-state index contributed by atoms with van der Waals surface area (Å²) >= 11 is 1.23. The number of thioether (sulfide) groups is 1. The average molecular weight is 413 g/mol. The Balaban J connectivity index is 1.51. The molecular formula is C21H23N3O4S. The highest BCUT2D eigenvalue weighted by molar-refractivity contribution is 7.99. The lowest BCUT2D eigenvalue weighted by molar-refractivity contribution is -0.127. The molecule has 0 aliphatic heterocycles. The quantitative estimate of drug-likeness (QED) is 0.497. The molecule has 0 N–H and O–H groups in total. The minimum atomic E-state index is -0.0317. The third-order valence-corrected chi connectivity index (χ3v) is 5.11. The Morgan fingerprint density at radius 3 is 2.55 bits per heavy atom. The van der Waals surface area contributed by atoms with Gasteiger partial charge in [-0.3, -0.25) is 4.79 Å². The molecule has 0 spiro atoms. The van der Waals surface area contributed by atoms with Gasteiger partial charge in [0.05, 0.1) is 26.4 Å². The van der Waals surface area contributed by atoms with E-state index < -0.39 is 0 Å². The Bertz CT molecular complexity index is 943. The van der Waals surface area contributed by atoms with Gasteiger partial charge in [-0.25, -0.2) is 0 Å². The van der Waals surface area contributed by atoms with E-state index in [1.54, 1.807) is 26.2 Å². The van der Waals surface area contributed by atoms with E-state index in [0.29, 0.717) is 24.1 Å². The van der Waals surface area contributed by atoms with Crippen LogP contribution in [0.5, 0.6) is 11.5 Å². The number of hydrogen-bond donors (Lipinski definition) is 0. The molecule has 0 atom stereocenters. The van der Waals surface area contributed by atoms with Crippen molar-refractivity contribution >= 4 is 17.7 Å². The Hall–Kier alpha value is -3.00. The molecule has 152 valence electrons. The first-order chi connectivity index (χ1) is 14.1. The molecule has 0 bridgehead atoms. The van der Waals surface area contributed by atoms with E-state index in [9.17, 15) is 4.79 Å². The lowest BCUT2D eigenvalue weighted by Crippen LogP contribution is -2.28. The predicted molar refractivity (Wildman–Crippen MR) is 110 cm³/mol. The van der Waals surface area contributed by atoms with Crippen molar-refractivity contribution in [3.63, 3.8) is 0 Å². The molecule has 3 aromatic rings. The van der Waals surface area contributed by atoms with Crippen molar-refractivity contribution in [2.75, 3.05) is 27.0 Å². The van der Waals surface area contributed by atoms with Crippen molar-refractivity contribution < 1.29 is 18.7 Å². The molecule has 29 heavy (non-hydrogen) atoms. The highest BCUT2D eigenvalue weighted by Gasteiger charge is 2.15. The molecule has 0 fully saturated rings. The summed E-state index contributed by atoms with van der Waals surface area (Å²) in [5.41, 5.74) is 1.99. The van der Waals surface area contributed by atoms with Gasteiger partial charge in [0.2, 0.25) is 11.8 Å². The number of carbonyl (C=O) groups is 1. The van der Waals surface area contributed by atoms with Crippen molar-refractivity contribution in [1.29, 1.82) is 0 Å². The van der Waals surface area contributed by atoms with Crippen LogP contribution in [0.15, 0.2) is 58.2 Å². The van der Waals surface area contributed by atoms with E-state index in [1.807, 2.05) is 48.5 Å². The van der Waals surface area contributed by atoms with E-state index in [-0.39, 0.29) is 11.7 Å². The van der Waals surface area contributed by atoms with Crippen LogP contribution < -0.4 is 9.47 Å². The van der Waals surface area contributed by atoms with Crippen LogP contribution in [-0.2, 0) is 17.8 Å². The molecule has 0 aliphatic rings. The number of carbonyl (C=O) groups excluding carboxylic acids is 1. The van der Waals surface area contributed by atoms with E-state index in [0.717, 1.165) is 22.6 Å². The van der Waals surface area contributed by atoms with Gasteiger partial charge in [-0.05, 0) is 23.8 Å². The van der Waals surface area contributed by atoms with Crippen LogP contribution in [0.25, 0.3) is 0 Å². The number of ether oxygens (including phenoxy) is 2. The number of methoxy groups -OCH3 is 2. The molecule has 2 aromatic carbocycles. The fourth-order valence-corrected chi connectivity index (χ4v) is 3.42. The Morgan fingerprint density at radius 1 is 1.07 bits per heavy atom. The van der Waals surface area contributed by atoms with Gasteiger partial charge in [0, 0.05) is 19.2 Å². The van der Waals surface area contributed by atoms with Gasteiger partial charge in [-0.2, -0.15) is 0 Å². The second kappa shape index (κ2) is 9.97. The van der Waals surface area contributed by atoms with E-state index in [4.69, 9.17) is 13.9 Å². The minimum absolute atomic E-state index is 0.0317. The normalized spacial score (nSPS) is 10.6. The maximum absolute atomic E-state index is 12.4. The van der Waals surface area contributed by atoms with Crippen LogP contribution in [0.2, 0.25) is 0 Å². The first-order valence-electron chi connectivity index (χ1n) is 9.03. The second-order valence-electron chi connectivity index (χ2n) is 6.34. The molecular weight excluding hydrogens is 390 g/mol. The zero-order valence-electron chi connectivity index (χ0n) is 16.6. The van der Waals surface area contributed by atoms with Crippen LogP contribution in [0, 0.1) is 0 Å². The molecule has 0 unspecified atom stereocenters. The van der Waals surface area contributed by atoms with Crippen molar-refractivity contribution in [3.05, 3.63) is 65.5 Å². The molecule has 0 saturated carbocycles. The largest absolute Gasteiger partial charge is 0.497 e. The third kappa shape index (κ3) is 5.74. The molecule has 8 heteroatoms. The maximum Gasteiger partial charge on any atom is 0.277 e. The van der Waals surface area contributed by atoms with Gasteiger partial charge >= 0.3 is 0 Å². The second-order valence-corrected chi connectivity index (χ2v) is 7.26. The summed E-state index contributed by atoms with van der Waals surface area (Å²) in [5, 5.41) is 8.46. The molecule has 3 rings (SSSR count). The van der Waals surface area contributed by atoms with E-state index >= 15 is 0 Å². The van der Waals surface area contributed by atoms with Gasteiger partial charge < -0.3 is 18.8 Å². The number of nitrogens with zero attached hydrogens (tertiary/aromatic N) is 3. The summed E-state index contributed by atoms with van der Waals surface area (Å²) < 4.78 is 16.1. The lowest BCUT2D eigenvalue weighted by atomic mass is 10.1. The summed E-state index contributed by atoms with van der Waals surface area (Å²) in [6, 6.07) is 15.3. The van der Waals surface area contributed by atoms with Gasteiger partial charge in [0.1, 0.15) is 11.5 Å². The molecule has 1 aromatic heterocycles. The molecule has 0 radical (unpaired) electrons. The van der Waals surface area contributed by atoms with Crippen molar-refractivity contribution in [2.45, 2.75) is 18.2 Å². The number of para-hydroxylation sites is 1. The monoisotopic (exact) mass is 413 g/mol. The molecule has 0 saturated heterocycles. The van der Waals surface area contributed by atoms with Gasteiger partial charge in [-0.15, -0.1) is 10.2 Å². The minimum Gasteiger partial charge on any atom is -0.497 e. The third-order valence-electron chi connectivity index (χ3n) is 4.31. The van der Waals surface area contributed by atoms with Crippen molar-refractivity contribution in [1.82, 2.24) is 15.1 Å². The first kappa shape index (κ1) is 20.7. The zero-order valence-corrected chi connectivity index (χ0v) is 17.4. The fraction of sp³-hybridized carbons (Fsp3) is 0.286. The van der Waals surface area contributed by atoms with Crippen LogP contribution in [0.3, 0.4) is 0 Å². The molecule has 1 heterocycles. The summed E-state index contributed by atoms with van der Waals surface area (Å²) in [5.74, 6) is 2.25. The number of aromatic nitrogens is 2. The van der Waals surface area contributed by atoms with Gasteiger partial charge in [-0.1, -0.05) is 42.1 Å². The average Bonchev–Trinajstić information content (AvgIpc) is 3.20. The van der Waals surface area contributed by atoms with E-state index in [2.05, 4.69) is 10.2 Å². The Kier molecular flexibility index (Phi) is 7.13. The lowest BCUT2D eigenvalue weighted by Gasteiger charge is -2.18. The topological polar surface area (TPSA) is 77.7 Å². The highest BCUT2D eigenvalue weighted by atomic mass is 32.2. The van der Waals surface area contributed by atoms with Crippen molar-refractivity contribution in [3.8, 4) is 11.5 Å². The smallest absolute Gasteiger partial charge is 0.277 e. The zero-order chi connectivity index (χ0) is 20.6. The summed E-state index contributed by atoms with van der Waals surface area (Å²) in [7, 11) is 5.01. The molecule has 7 nitrogen and oxygen atoms in total. The van der Waals surface area contributed by atoms with Crippen LogP contribution in [0.1, 0.15) is 17.0 Å². The van der Waals surface area contributed by atoms with Gasteiger partial charge in [0.15, 0.2) is 0 Å². The van der Waals surface area contributed by atoms with E-state index in [1.165, 1.54) is 11.8 Å². The van der Waals surface area contributed by atoms with Crippen LogP contribution in [0.4, 0.5) is 0 Å². The van der Waals surface area contributed by atoms with Crippen LogP contribution >= 0.6 is 11.8 Å². The highest BCUT2D eigenvalue weighted by Crippen LogP contribution is 2.21. The standard InChI is InChI=1S/C21H23N3O4S/c1-24(13-16-6-4-5-7-18(16)27-3)20(25)14-29-21-23-22-19(28-21)12-15-8-10-17(26-2)11-9-15/h4-11H,12-14H2,1-3H3. The summed E-state index contributed by atoms with van der Waals surface area (Å²) in [4.78, 5) is 14.1. The Labute approximate surface area is 174 Å². The maximum atomic E-state index is 12.4. The fourth-order valence-electron chi connectivity index (χ4n) is 2.70. The van der Waals surface area contributed by atoms with Crippen LogP contribution in [-0.4, -0.2) is 48.0 Å². The Morgan fingerprint density at radius 2 is 1.83 bits per heavy atom. The number of hydrogen-bond acceptors (Lipinski definition) is 7. The molecule has 1 amide bonds. The summed E-state index contributed by atoms with van der Waals surface area (Å²) in [6.45, 7) is 0.468. The predicted octanol–water partition coefficient (Wildman–Crippen LogP) is 3.43. The van der Waals surface area contributed by atoms with Gasteiger partial charge in [0.25, 0.3) is 5.22 Å². The van der Waals surface area contributed by atoms with Crippen molar-refractivity contribution in [2.24, 2.45) is 0 Å². The first-order valence-corrected chi connectivity index (χ1v) is 10.0. The summed E-state index contributed by atoms with van der Waals surface area (Å²) in [6.07, 6.45) is 0.527. The SMILES string of the molecule is COc1ccc(Cc2nnc(SCC(=O)N(C)Cc3ccccc3OC)o2)cc1. The molecule has 0 aliphatic carbocycles. The number of amides is 1. The number of benzene rings is 2. The number of rotatable bonds is 9.